The lowest BCUT2D eigenvalue weighted by molar-refractivity contribution is 0.103. The molecule has 8 heteroatoms. The minimum atomic E-state index is -3.82. The van der Waals surface area contributed by atoms with Crippen LogP contribution >= 0.6 is 0 Å². The number of aryl methyl sites for hydroxylation is 2. The molecular weight excluding hydrogens is 450 g/mol. The van der Waals surface area contributed by atoms with Crippen LogP contribution in [0.15, 0.2) is 47.4 Å². The van der Waals surface area contributed by atoms with Crippen molar-refractivity contribution in [3.05, 3.63) is 59.3 Å². The summed E-state index contributed by atoms with van der Waals surface area (Å²) in [6.07, 6.45) is 1.72. The van der Waals surface area contributed by atoms with E-state index in [1.54, 1.807) is 23.5 Å². The Bertz CT molecular complexity index is 1320. The smallest absolute Gasteiger partial charge is 0.243 e. The number of aliphatic hydroxyl groups is 1. The summed E-state index contributed by atoms with van der Waals surface area (Å²) in [7, 11) is 1.91. The zero-order valence-corrected chi connectivity index (χ0v) is 21.1. The van der Waals surface area contributed by atoms with Gasteiger partial charge in [-0.3, -0.25) is 0 Å². The molecule has 1 N–H and O–H groups in total. The van der Waals surface area contributed by atoms with Crippen molar-refractivity contribution in [2.45, 2.75) is 36.1 Å². The molecule has 1 saturated heterocycles. The lowest BCUT2D eigenvalue weighted by Crippen LogP contribution is -2.55. The van der Waals surface area contributed by atoms with E-state index in [1.807, 2.05) is 38.2 Å². The van der Waals surface area contributed by atoms with Gasteiger partial charge in [0.2, 0.25) is 10.0 Å². The number of fused-ring (bicyclic) bond motifs is 4. The highest BCUT2D eigenvalue weighted by atomic mass is 32.2. The van der Waals surface area contributed by atoms with Gasteiger partial charge in [-0.2, -0.15) is 4.31 Å². The second kappa shape index (κ2) is 8.37. The van der Waals surface area contributed by atoms with Crippen LogP contribution in [0.3, 0.4) is 0 Å². The summed E-state index contributed by atoms with van der Waals surface area (Å²) in [4.78, 5) is 2.57. The summed E-state index contributed by atoms with van der Waals surface area (Å²) in [6.45, 7) is 3.82. The number of ether oxygens (including phenoxy) is 1. The van der Waals surface area contributed by atoms with Crippen molar-refractivity contribution in [3.63, 3.8) is 0 Å². The first-order valence-electron chi connectivity index (χ1n) is 11.8. The van der Waals surface area contributed by atoms with Crippen LogP contribution in [0.5, 0.6) is 5.75 Å². The van der Waals surface area contributed by atoms with Gasteiger partial charge in [-0.25, -0.2) is 8.42 Å². The van der Waals surface area contributed by atoms with E-state index in [0.717, 1.165) is 53.8 Å². The molecule has 0 aliphatic carbocycles. The maximum Gasteiger partial charge on any atom is 0.243 e. The van der Waals surface area contributed by atoms with Gasteiger partial charge >= 0.3 is 0 Å². The summed E-state index contributed by atoms with van der Waals surface area (Å²) >= 11 is 0. The molecule has 1 aromatic heterocycles. The zero-order chi connectivity index (χ0) is 24.3. The van der Waals surface area contributed by atoms with E-state index in [0.29, 0.717) is 6.54 Å². The molecule has 0 amide bonds. The van der Waals surface area contributed by atoms with Crippen LogP contribution in [0.25, 0.3) is 10.9 Å². The molecule has 2 aliphatic rings. The monoisotopic (exact) mass is 483 g/mol. The average Bonchev–Trinajstić information content (AvgIpc) is 3.14. The van der Waals surface area contributed by atoms with Gasteiger partial charge in [0.05, 0.1) is 30.2 Å². The fourth-order valence-corrected chi connectivity index (χ4v) is 7.53. The van der Waals surface area contributed by atoms with Gasteiger partial charge in [-0.15, -0.1) is 0 Å². The van der Waals surface area contributed by atoms with E-state index in [9.17, 15) is 13.5 Å². The Morgan fingerprint density at radius 3 is 2.38 bits per heavy atom. The second-order valence-electron chi connectivity index (χ2n) is 9.85. The van der Waals surface area contributed by atoms with Crippen molar-refractivity contribution in [3.8, 4) is 5.75 Å². The summed E-state index contributed by atoms with van der Waals surface area (Å²) in [5.74, 6) is 0.757. The van der Waals surface area contributed by atoms with Crippen molar-refractivity contribution < 1.29 is 18.3 Å². The summed E-state index contributed by atoms with van der Waals surface area (Å²) < 4.78 is 37.0. The Balaban J connectivity index is 1.75. The molecule has 1 fully saturated rings. The molecule has 182 valence electrons. The van der Waals surface area contributed by atoms with Crippen LogP contribution in [0, 0.1) is 6.92 Å². The van der Waals surface area contributed by atoms with Crippen LogP contribution in [0.1, 0.15) is 35.7 Å². The molecule has 2 aromatic carbocycles. The molecule has 1 atom stereocenters. The molecule has 3 heterocycles. The highest BCUT2D eigenvalue weighted by Gasteiger charge is 2.51. The van der Waals surface area contributed by atoms with Crippen LogP contribution in [-0.4, -0.2) is 67.7 Å². The maximum atomic E-state index is 14.0. The Labute approximate surface area is 201 Å². The molecule has 0 saturated carbocycles. The van der Waals surface area contributed by atoms with Crippen LogP contribution in [0.4, 0.5) is 0 Å². The number of aliphatic hydroxyl groups excluding tert-OH is 1. The van der Waals surface area contributed by atoms with Crippen LogP contribution in [-0.2, 0) is 22.5 Å². The molecule has 1 spiro atoms. The lowest BCUT2D eigenvalue weighted by Gasteiger charge is -2.49. The fourth-order valence-electron chi connectivity index (χ4n) is 5.86. The van der Waals surface area contributed by atoms with E-state index >= 15 is 0 Å². The predicted octanol–water partition coefficient (Wildman–Crippen LogP) is 3.20. The minimum absolute atomic E-state index is 0.267. The van der Waals surface area contributed by atoms with E-state index in [2.05, 4.69) is 22.6 Å². The van der Waals surface area contributed by atoms with Gasteiger partial charge in [-0.05, 0) is 69.7 Å². The van der Waals surface area contributed by atoms with Crippen molar-refractivity contribution >= 4 is 20.9 Å². The third kappa shape index (κ3) is 3.47. The van der Waals surface area contributed by atoms with Gasteiger partial charge in [0.15, 0.2) is 0 Å². The number of rotatable bonds is 4. The van der Waals surface area contributed by atoms with E-state index in [-0.39, 0.29) is 16.9 Å². The van der Waals surface area contributed by atoms with E-state index in [1.165, 1.54) is 5.56 Å². The first kappa shape index (κ1) is 23.4. The number of hydrogen-bond donors (Lipinski definition) is 1. The number of piperidine rings is 1. The first-order chi connectivity index (χ1) is 16.2. The fraction of sp³-hybridized carbons (Fsp3) is 0.462. The van der Waals surface area contributed by atoms with Crippen molar-refractivity contribution in [2.24, 2.45) is 7.05 Å². The highest BCUT2D eigenvalue weighted by molar-refractivity contribution is 7.89. The van der Waals surface area contributed by atoms with Crippen LogP contribution in [0.2, 0.25) is 0 Å². The molecule has 0 radical (unpaired) electrons. The molecule has 0 unspecified atom stereocenters. The highest BCUT2D eigenvalue weighted by Crippen LogP contribution is 2.51. The van der Waals surface area contributed by atoms with Gasteiger partial charge < -0.3 is 19.3 Å². The summed E-state index contributed by atoms with van der Waals surface area (Å²) in [6, 6.07) is 12.4. The van der Waals surface area contributed by atoms with E-state index < -0.39 is 16.1 Å². The first-order valence-corrected chi connectivity index (χ1v) is 13.2. The van der Waals surface area contributed by atoms with Gasteiger partial charge in [-0.1, -0.05) is 17.7 Å². The largest absolute Gasteiger partial charge is 0.497 e. The Hall–Kier alpha value is -2.39. The summed E-state index contributed by atoms with van der Waals surface area (Å²) in [5.41, 5.74) is 3.76. The molecule has 2 aliphatic heterocycles. The molecule has 0 bridgehead atoms. The number of hydrogen-bond acceptors (Lipinski definition) is 5. The van der Waals surface area contributed by atoms with Crippen molar-refractivity contribution in [1.82, 2.24) is 13.8 Å². The molecular formula is C26H33N3O4S. The third-order valence-electron chi connectivity index (χ3n) is 7.85. The normalized spacial score (nSPS) is 21.1. The van der Waals surface area contributed by atoms with Crippen LogP contribution < -0.4 is 4.74 Å². The standard InChI is InChI=1S/C26H33N3O4S/c1-18-5-8-20(9-6-18)34(31,32)29-17-26(11-13-27(2)14-12-26)24-21-10-7-19(33-4)15-22(21)28(3)25(24)23(29)16-30/h5-10,15,23,30H,11-14,16-17H2,1-4H3/t23-/m1/s1. The van der Waals surface area contributed by atoms with Gasteiger partial charge in [0.1, 0.15) is 5.75 Å². The topological polar surface area (TPSA) is 75.0 Å². The predicted molar refractivity (Wildman–Crippen MR) is 133 cm³/mol. The number of methoxy groups -OCH3 is 1. The number of benzene rings is 2. The molecule has 7 nitrogen and oxygen atoms in total. The molecule has 5 rings (SSSR count). The van der Waals surface area contributed by atoms with E-state index in [4.69, 9.17) is 4.74 Å². The number of nitrogens with zero attached hydrogens (tertiary/aromatic N) is 3. The maximum absolute atomic E-state index is 14.0. The van der Waals surface area contributed by atoms with Gasteiger partial charge in [0, 0.05) is 36.2 Å². The quantitative estimate of drug-likeness (QED) is 0.617. The lowest BCUT2D eigenvalue weighted by atomic mass is 9.69. The summed E-state index contributed by atoms with van der Waals surface area (Å²) in [5, 5.41) is 11.7. The molecule has 34 heavy (non-hydrogen) atoms. The number of sulfonamides is 1. The SMILES string of the molecule is COc1ccc2c3c(n(C)c2c1)[C@@H](CO)N(S(=O)(=O)c1ccc(C)cc1)CC31CCN(C)CC1. The Morgan fingerprint density at radius 1 is 1.09 bits per heavy atom. The minimum Gasteiger partial charge on any atom is -0.497 e. The van der Waals surface area contributed by atoms with Crippen molar-refractivity contribution in [1.29, 1.82) is 0 Å². The average molecular weight is 484 g/mol. The zero-order valence-electron chi connectivity index (χ0n) is 20.3. The molecule has 3 aromatic rings. The van der Waals surface area contributed by atoms with Gasteiger partial charge in [0.25, 0.3) is 0 Å². The third-order valence-corrected chi connectivity index (χ3v) is 9.72. The number of likely N-dealkylation sites (tertiary alicyclic amines) is 1. The number of aromatic nitrogens is 1. The second-order valence-corrected chi connectivity index (χ2v) is 11.7. The van der Waals surface area contributed by atoms with Crippen molar-refractivity contribution in [2.75, 3.05) is 40.4 Å². The Morgan fingerprint density at radius 2 is 1.76 bits per heavy atom. The Kier molecular flexibility index (Phi) is 5.75.